The predicted molar refractivity (Wildman–Crippen MR) is 64.3 cm³/mol. The molecule has 1 aromatic heterocycles. The number of hydrogen-bond acceptors (Lipinski definition) is 5. The highest BCUT2D eigenvalue weighted by Crippen LogP contribution is 2.16. The van der Waals surface area contributed by atoms with Gasteiger partial charge in [-0.05, 0) is 25.8 Å². The Morgan fingerprint density at radius 3 is 2.88 bits per heavy atom. The Hall–Kier alpha value is -0.910. The Balaban J connectivity index is 1.77. The van der Waals surface area contributed by atoms with Crippen molar-refractivity contribution >= 4 is 0 Å². The normalized spacial score (nSPS) is 17.8. The molecule has 0 bridgehead atoms. The molecule has 0 unspecified atom stereocenters. The van der Waals surface area contributed by atoms with Gasteiger partial charge in [-0.1, -0.05) is 5.16 Å². The van der Waals surface area contributed by atoms with Gasteiger partial charge in [-0.3, -0.25) is 4.90 Å². The van der Waals surface area contributed by atoms with E-state index in [4.69, 9.17) is 15.0 Å². The maximum absolute atomic E-state index is 5.49. The molecule has 1 aliphatic rings. The summed E-state index contributed by atoms with van der Waals surface area (Å²) in [4.78, 5) is 2.27. The number of hydrogen-bond donors (Lipinski definition) is 1. The van der Waals surface area contributed by atoms with E-state index < -0.39 is 0 Å². The van der Waals surface area contributed by atoms with Crippen molar-refractivity contribution < 1.29 is 9.26 Å². The van der Waals surface area contributed by atoms with Gasteiger partial charge >= 0.3 is 0 Å². The lowest BCUT2D eigenvalue weighted by Crippen LogP contribution is -2.29. The smallest absolute Gasteiger partial charge is 0.151 e. The maximum atomic E-state index is 5.49. The van der Waals surface area contributed by atoms with Gasteiger partial charge in [0.05, 0.1) is 12.2 Å². The van der Waals surface area contributed by atoms with E-state index in [2.05, 4.69) is 17.1 Å². The van der Waals surface area contributed by atoms with Gasteiger partial charge in [-0.25, -0.2) is 0 Å². The Kier molecular flexibility index (Phi) is 4.53. The first kappa shape index (κ1) is 12.5. The third-order valence-corrected chi connectivity index (χ3v) is 3.15. The monoisotopic (exact) mass is 239 g/mol. The highest BCUT2D eigenvalue weighted by molar-refractivity contribution is 5.04. The van der Waals surface area contributed by atoms with Gasteiger partial charge in [0.15, 0.2) is 5.76 Å². The predicted octanol–water partition coefficient (Wildman–Crippen LogP) is 0.992. The molecule has 0 radical (unpaired) electrons. The minimum absolute atomic E-state index is 0.438. The first-order chi connectivity index (χ1) is 8.28. The van der Waals surface area contributed by atoms with Crippen LogP contribution in [0.5, 0.6) is 0 Å². The van der Waals surface area contributed by atoms with E-state index in [9.17, 15) is 0 Å². The summed E-state index contributed by atoms with van der Waals surface area (Å²) >= 11 is 0. The molecule has 5 nitrogen and oxygen atoms in total. The number of nitrogens with zero attached hydrogens (tertiary/aromatic N) is 2. The Morgan fingerprint density at radius 1 is 1.47 bits per heavy atom. The van der Waals surface area contributed by atoms with Crippen LogP contribution in [0.25, 0.3) is 0 Å². The summed E-state index contributed by atoms with van der Waals surface area (Å²) in [6, 6.07) is 1.93. The maximum Gasteiger partial charge on any atom is 0.151 e. The Morgan fingerprint density at radius 2 is 2.24 bits per heavy atom. The van der Waals surface area contributed by atoms with E-state index >= 15 is 0 Å². The zero-order valence-electron chi connectivity index (χ0n) is 10.4. The van der Waals surface area contributed by atoms with Crippen molar-refractivity contribution in [1.29, 1.82) is 0 Å². The van der Waals surface area contributed by atoms with Crippen LogP contribution >= 0.6 is 0 Å². The Bertz CT molecular complexity index is 334. The molecule has 0 aromatic carbocycles. The molecule has 2 rings (SSSR count). The molecule has 0 aliphatic carbocycles. The van der Waals surface area contributed by atoms with Crippen LogP contribution in [0.3, 0.4) is 0 Å². The van der Waals surface area contributed by atoms with E-state index in [1.807, 2.05) is 6.07 Å². The summed E-state index contributed by atoms with van der Waals surface area (Å²) in [6.45, 7) is 4.12. The van der Waals surface area contributed by atoms with Crippen LogP contribution in [-0.2, 0) is 17.8 Å². The first-order valence-corrected chi connectivity index (χ1v) is 6.18. The summed E-state index contributed by atoms with van der Waals surface area (Å²) in [5.41, 5.74) is 6.31. The average molecular weight is 239 g/mol. The van der Waals surface area contributed by atoms with E-state index in [0.29, 0.717) is 6.54 Å². The molecule has 1 aliphatic heterocycles. The van der Waals surface area contributed by atoms with Crippen LogP contribution < -0.4 is 5.73 Å². The quantitative estimate of drug-likeness (QED) is 0.830. The molecule has 96 valence electrons. The summed E-state index contributed by atoms with van der Waals surface area (Å²) < 4.78 is 10.6. The topological polar surface area (TPSA) is 64.5 Å². The lowest BCUT2D eigenvalue weighted by Gasteiger charge is -2.26. The summed E-state index contributed by atoms with van der Waals surface area (Å²) in [6.07, 6.45) is 2.32. The van der Waals surface area contributed by atoms with Crippen LogP contribution in [0.2, 0.25) is 0 Å². The molecule has 0 amide bonds. The standard InChI is InChI=1S/C12H21N3O2/c1-15(8-10-2-4-16-5-3-10)9-12-6-11(7-13)14-17-12/h6,10H,2-5,7-9,13H2,1H3. The summed E-state index contributed by atoms with van der Waals surface area (Å²) in [5, 5.41) is 3.89. The molecule has 1 aromatic rings. The third-order valence-electron chi connectivity index (χ3n) is 3.15. The molecule has 1 saturated heterocycles. The largest absolute Gasteiger partial charge is 0.381 e. The van der Waals surface area contributed by atoms with Crippen molar-refractivity contribution in [1.82, 2.24) is 10.1 Å². The lowest BCUT2D eigenvalue weighted by molar-refractivity contribution is 0.0540. The SMILES string of the molecule is CN(Cc1cc(CN)no1)CC1CCOCC1. The fraction of sp³-hybridized carbons (Fsp3) is 0.750. The van der Waals surface area contributed by atoms with Gasteiger partial charge < -0.3 is 15.0 Å². The second-order valence-electron chi connectivity index (χ2n) is 4.74. The van der Waals surface area contributed by atoms with E-state index in [1.165, 1.54) is 0 Å². The first-order valence-electron chi connectivity index (χ1n) is 6.18. The average Bonchev–Trinajstić information content (AvgIpc) is 2.78. The second kappa shape index (κ2) is 6.14. The van der Waals surface area contributed by atoms with Crippen LogP contribution in [0.15, 0.2) is 10.6 Å². The zero-order chi connectivity index (χ0) is 12.1. The molecule has 5 heteroatoms. The zero-order valence-corrected chi connectivity index (χ0v) is 10.4. The molecule has 17 heavy (non-hydrogen) atoms. The van der Waals surface area contributed by atoms with Crippen molar-refractivity contribution in [3.05, 3.63) is 17.5 Å². The van der Waals surface area contributed by atoms with Crippen molar-refractivity contribution in [2.45, 2.75) is 25.9 Å². The fourth-order valence-corrected chi connectivity index (χ4v) is 2.23. The lowest BCUT2D eigenvalue weighted by atomic mass is 10.00. The minimum atomic E-state index is 0.438. The molecule has 0 spiro atoms. The van der Waals surface area contributed by atoms with Gasteiger partial charge in [0.2, 0.25) is 0 Å². The van der Waals surface area contributed by atoms with Crippen LogP contribution in [0, 0.1) is 5.92 Å². The Labute approximate surface area is 102 Å². The van der Waals surface area contributed by atoms with Crippen molar-refractivity contribution in [2.24, 2.45) is 11.7 Å². The fourth-order valence-electron chi connectivity index (χ4n) is 2.23. The third kappa shape index (κ3) is 3.80. The van der Waals surface area contributed by atoms with Crippen molar-refractivity contribution in [3.8, 4) is 0 Å². The molecular weight excluding hydrogens is 218 g/mol. The summed E-state index contributed by atoms with van der Waals surface area (Å²) in [5.74, 6) is 1.63. The minimum Gasteiger partial charge on any atom is -0.381 e. The highest BCUT2D eigenvalue weighted by atomic mass is 16.5. The van der Waals surface area contributed by atoms with Crippen LogP contribution in [-0.4, -0.2) is 36.9 Å². The highest BCUT2D eigenvalue weighted by Gasteiger charge is 2.16. The van der Waals surface area contributed by atoms with Gasteiger partial charge in [-0.15, -0.1) is 0 Å². The van der Waals surface area contributed by atoms with Gasteiger partial charge in [-0.2, -0.15) is 0 Å². The molecule has 0 atom stereocenters. The molecular formula is C12H21N3O2. The van der Waals surface area contributed by atoms with Crippen molar-refractivity contribution in [2.75, 3.05) is 26.8 Å². The molecule has 2 heterocycles. The summed E-state index contributed by atoms with van der Waals surface area (Å²) in [7, 11) is 2.11. The van der Waals surface area contributed by atoms with Gasteiger partial charge in [0.25, 0.3) is 0 Å². The number of aromatic nitrogens is 1. The number of nitrogens with two attached hydrogens (primary N) is 1. The van der Waals surface area contributed by atoms with E-state index in [0.717, 1.165) is 56.5 Å². The number of rotatable bonds is 5. The van der Waals surface area contributed by atoms with E-state index in [1.54, 1.807) is 0 Å². The van der Waals surface area contributed by atoms with E-state index in [-0.39, 0.29) is 0 Å². The second-order valence-corrected chi connectivity index (χ2v) is 4.74. The van der Waals surface area contributed by atoms with Crippen LogP contribution in [0.4, 0.5) is 0 Å². The van der Waals surface area contributed by atoms with Crippen LogP contribution in [0.1, 0.15) is 24.3 Å². The molecule has 1 fully saturated rings. The van der Waals surface area contributed by atoms with Gasteiger partial charge in [0, 0.05) is 32.4 Å². The number of ether oxygens (including phenoxy) is 1. The molecule has 0 saturated carbocycles. The molecule has 2 N–H and O–H groups in total. The van der Waals surface area contributed by atoms with Crippen molar-refractivity contribution in [3.63, 3.8) is 0 Å². The van der Waals surface area contributed by atoms with Gasteiger partial charge in [0.1, 0.15) is 0 Å².